The lowest BCUT2D eigenvalue weighted by Gasteiger charge is -2.15. The highest BCUT2D eigenvalue weighted by molar-refractivity contribution is 5.23. The number of benzene rings is 1. The van der Waals surface area contributed by atoms with Crippen LogP contribution >= 0.6 is 0 Å². The molecule has 1 aromatic carbocycles. The highest BCUT2D eigenvalue weighted by Crippen LogP contribution is 2.17. The van der Waals surface area contributed by atoms with Gasteiger partial charge in [0.1, 0.15) is 0 Å². The topological polar surface area (TPSA) is 35.2 Å². The third-order valence-electron chi connectivity index (χ3n) is 2.79. The number of ether oxygens (including phenoxy) is 1. The van der Waals surface area contributed by atoms with Gasteiger partial charge in [-0.05, 0) is 32.3 Å². The first kappa shape index (κ1) is 12.2. The summed E-state index contributed by atoms with van der Waals surface area (Å²) in [6.07, 6.45) is 2.27. The predicted molar refractivity (Wildman–Crippen MR) is 63.8 cm³/mol. The minimum absolute atomic E-state index is 0.128. The van der Waals surface area contributed by atoms with Crippen molar-refractivity contribution in [3.8, 4) is 0 Å². The number of methoxy groups -OCH3 is 1. The SMILES string of the molecule is COC(C)CCC(N)c1ccc(C)cc1. The first-order chi connectivity index (χ1) is 7.13. The molecule has 0 amide bonds. The van der Waals surface area contributed by atoms with Gasteiger partial charge in [0, 0.05) is 13.2 Å². The Bertz CT molecular complexity index is 281. The summed E-state index contributed by atoms with van der Waals surface area (Å²) in [5.41, 5.74) is 8.58. The van der Waals surface area contributed by atoms with Crippen molar-refractivity contribution in [2.24, 2.45) is 5.73 Å². The molecule has 0 bridgehead atoms. The van der Waals surface area contributed by atoms with Crippen LogP contribution in [0.4, 0.5) is 0 Å². The zero-order valence-corrected chi connectivity index (χ0v) is 9.86. The smallest absolute Gasteiger partial charge is 0.0543 e. The van der Waals surface area contributed by atoms with Crippen molar-refractivity contribution < 1.29 is 4.74 Å². The molecule has 2 N–H and O–H groups in total. The van der Waals surface area contributed by atoms with E-state index in [9.17, 15) is 0 Å². The number of aryl methyl sites for hydroxylation is 1. The molecule has 0 saturated carbocycles. The van der Waals surface area contributed by atoms with Gasteiger partial charge in [-0.15, -0.1) is 0 Å². The van der Waals surface area contributed by atoms with E-state index in [2.05, 4.69) is 38.1 Å². The van der Waals surface area contributed by atoms with Crippen LogP contribution in [0.3, 0.4) is 0 Å². The number of rotatable bonds is 5. The van der Waals surface area contributed by atoms with Crippen molar-refractivity contribution in [3.63, 3.8) is 0 Å². The second-order valence-electron chi connectivity index (χ2n) is 4.14. The maximum absolute atomic E-state index is 6.09. The summed E-state index contributed by atoms with van der Waals surface area (Å²) in [6, 6.07) is 8.56. The van der Waals surface area contributed by atoms with Crippen molar-refractivity contribution in [2.45, 2.75) is 38.8 Å². The van der Waals surface area contributed by atoms with Crippen LogP contribution in [0.25, 0.3) is 0 Å². The van der Waals surface area contributed by atoms with Crippen molar-refractivity contribution in [3.05, 3.63) is 35.4 Å². The van der Waals surface area contributed by atoms with E-state index in [1.165, 1.54) is 11.1 Å². The molecule has 0 aliphatic heterocycles. The van der Waals surface area contributed by atoms with Crippen LogP contribution in [0.5, 0.6) is 0 Å². The average molecular weight is 207 g/mol. The molecule has 15 heavy (non-hydrogen) atoms. The Labute approximate surface area is 92.4 Å². The van der Waals surface area contributed by atoms with Gasteiger partial charge >= 0.3 is 0 Å². The maximum Gasteiger partial charge on any atom is 0.0543 e. The monoisotopic (exact) mass is 207 g/mol. The Kier molecular flexibility index (Phi) is 4.79. The molecule has 0 aliphatic carbocycles. The molecule has 2 nitrogen and oxygen atoms in total. The van der Waals surface area contributed by atoms with Gasteiger partial charge in [-0.2, -0.15) is 0 Å². The highest BCUT2D eigenvalue weighted by atomic mass is 16.5. The van der Waals surface area contributed by atoms with Gasteiger partial charge in [-0.1, -0.05) is 29.8 Å². The molecule has 0 heterocycles. The van der Waals surface area contributed by atoms with Crippen molar-refractivity contribution in [2.75, 3.05) is 7.11 Å². The molecule has 0 spiro atoms. The maximum atomic E-state index is 6.09. The standard InChI is InChI=1S/C13H21NO/c1-10-4-7-12(8-5-10)13(14)9-6-11(2)15-3/h4-5,7-8,11,13H,6,9,14H2,1-3H3. The van der Waals surface area contributed by atoms with E-state index in [1.807, 2.05) is 0 Å². The van der Waals surface area contributed by atoms with Crippen LogP contribution < -0.4 is 5.73 Å². The Morgan fingerprint density at radius 3 is 2.33 bits per heavy atom. The Morgan fingerprint density at radius 2 is 1.80 bits per heavy atom. The molecule has 1 rings (SSSR count). The molecule has 84 valence electrons. The number of hydrogen-bond donors (Lipinski definition) is 1. The van der Waals surface area contributed by atoms with Crippen LogP contribution in [0, 0.1) is 6.92 Å². The van der Waals surface area contributed by atoms with E-state index in [-0.39, 0.29) is 6.04 Å². The van der Waals surface area contributed by atoms with Crippen molar-refractivity contribution >= 4 is 0 Å². The zero-order chi connectivity index (χ0) is 11.3. The third kappa shape index (κ3) is 4.02. The van der Waals surface area contributed by atoms with Gasteiger partial charge in [0.05, 0.1) is 6.10 Å². The summed E-state index contributed by atoms with van der Waals surface area (Å²) in [5.74, 6) is 0. The fourth-order valence-electron chi connectivity index (χ4n) is 1.51. The molecule has 2 unspecified atom stereocenters. The first-order valence-electron chi connectivity index (χ1n) is 5.48. The van der Waals surface area contributed by atoms with Crippen LogP contribution in [-0.2, 0) is 4.74 Å². The van der Waals surface area contributed by atoms with E-state index >= 15 is 0 Å². The summed E-state index contributed by atoms with van der Waals surface area (Å²) < 4.78 is 5.20. The Balaban J connectivity index is 2.46. The summed E-state index contributed by atoms with van der Waals surface area (Å²) in [5, 5.41) is 0. The first-order valence-corrected chi connectivity index (χ1v) is 5.48. The lowest BCUT2D eigenvalue weighted by atomic mass is 10.0. The summed E-state index contributed by atoms with van der Waals surface area (Å²) in [6.45, 7) is 4.16. The van der Waals surface area contributed by atoms with Crippen molar-refractivity contribution in [1.82, 2.24) is 0 Å². The van der Waals surface area contributed by atoms with Gasteiger partial charge in [0.2, 0.25) is 0 Å². The normalized spacial score (nSPS) is 14.9. The van der Waals surface area contributed by atoms with E-state index < -0.39 is 0 Å². The summed E-state index contributed by atoms with van der Waals surface area (Å²) >= 11 is 0. The lowest BCUT2D eigenvalue weighted by Crippen LogP contribution is -2.14. The second kappa shape index (κ2) is 5.89. The molecular weight excluding hydrogens is 186 g/mol. The van der Waals surface area contributed by atoms with Crippen LogP contribution in [0.15, 0.2) is 24.3 Å². The van der Waals surface area contributed by atoms with Gasteiger partial charge in [-0.3, -0.25) is 0 Å². The van der Waals surface area contributed by atoms with E-state index in [0.29, 0.717) is 6.10 Å². The third-order valence-corrected chi connectivity index (χ3v) is 2.79. The summed E-state index contributed by atoms with van der Waals surface area (Å²) in [7, 11) is 1.74. The van der Waals surface area contributed by atoms with Crippen LogP contribution in [-0.4, -0.2) is 13.2 Å². The van der Waals surface area contributed by atoms with Gasteiger partial charge < -0.3 is 10.5 Å². The lowest BCUT2D eigenvalue weighted by molar-refractivity contribution is 0.107. The molecule has 2 heteroatoms. The number of nitrogens with two attached hydrogens (primary N) is 1. The zero-order valence-electron chi connectivity index (χ0n) is 9.86. The second-order valence-corrected chi connectivity index (χ2v) is 4.14. The van der Waals surface area contributed by atoms with Gasteiger partial charge in [-0.25, -0.2) is 0 Å². The summed E-state index contributed by atoms with van der Waals surface area (Å²) in [4.78, 5) is 0. The fraction of sp³-hybridized carbons (Fsp3) is 0.538. The quantitative estimate of drug-likeness (QED) is 0.805. The van der Waals surface area contributed by atoms with E-state index in [0.717, 1.165) is 12.8 Å². The largest absolute Gasteiger partial charge is 0.382 e. The Morgan fingerprint density at radius 1 is 1.20 bits per heavy atom. The number of hydrogen-bond acceptors (Lipinski definition) is 2. The van der Waals surface area contributed by atoms with Crippen LogP contribution in [0.2, 0.25) is 0 Å². The molecule has 0 saturated heterocycles. The molecule has 1 aromatic rings. The van der Waals surface area contributed by atoms with Gasteiger partial charge in [0.15, 0.2) is 0 Å². The molecule has 0 fully saturated rings. The molecular formula is C13H21NO. The minimum atomic E-state index is 0.128. The fourth-order valence-corrected chi connectivity index (χ4v) is 1.51. The molecule has 0 aromatic heterocycles. The Hall–Kier alpha value is -0.860. The average Bonchev–Trinajstić information content (AvgIpc) is 2.26. The molecule has 0 aliphatic rings. The molecule has 0 radical (unpaired) electrons. The van der Waals surface area contributed by atoms with Gasteiger partial charge in [0.25, 0.3) is 0 Å². The molecule has 2 atom stereocenters. The predicted octanol–water partition coefficient (Wildman–Crippen LogP) is 2.81. The van der Waals surface area contributed by atoms with E-state index in [4.69, 9.17) is 10.5 Å². The van der Waals surface area contributed by atoms with E-state index in [1.54, 1.807) is 7.11 Å². The minimum Gasteiger partial charge on any atom is -0.382 e. The van der Waals surface area contributed by atoms with Crippen LogP contribution in [0.1, 0.15) is 36.9 Å². The highest BCUT2D eigenvalue weighted by Gasteiger charge is 2.07. The van der Waals surface area contributed by atoms with Crippen molar-refractivity contribution in [1.29, 1.82) is 0 Å².